The fourth-order valence-corrected chi connectivity index (χ4v) is 1.85. The Kier molecular flexibility index (Phi) is 4.39. The molecule has 3 nitrogen and oxygen atoms in total. The first-order valence-corrected chi connectivity index (χ1v) is 6.47. The summed E-state index contributed by atoms with van der Waals surface area (Å²) in [7, 11) is 0. The van der Waals surface area contributed by atoms with Gasteiger partial charge in [0.1, 0.15) is 11.5 Å². The second-order valence-electron chi connectivity index (χ2n) is 4.70. The van der Waals surface area contributed by atoms with Crippen LogP contribution in [0, 0.1) is 0 Å². The topological polar surface area (TPSA) is 39.4 Å². The zero-order chi connectivity index (χ0) is 13.7. The number of hydrogen-bond acceptors (Lipinski definition) is 3. The van der Waals surface area contributed by atoms with Gasteiger partial charge in [0.25, 0.3) is 0 Å². The average molecular weight is 258 g/mol. The zero-order valence-corrected chi connectivity index (χ0v) is 11.3. The van der Waals surface area contributed by atoms with Crippen molar-refractivity contribution in [1.29, 1.82) is 0 Å². The van der Waals surface area contributed by atoms with Crippen molar-refractivity contribution in [2.24, 2.45) is 0 Å². The van der Waals surface area contributed by atoms with Gasteiger partial charge in [-0.05, 0) is 38.1 Å². The maximum atomic E-state index is 12.1. The molecule has 0 saturated heterocycles. The van der Waals surface area contributed by atoms with Crippen LogP contribution in [0.2, 0.25) is 0 Å². The van der Waals surface area contributed by atoms with Crippen molar-refractivity contribution in [2.45, 2.75) is 32.8 Å². The third-order valence-electron chi connectivity index (χ3n) is 2.71. The quantitative estimate of drug-likeness (QED) is 0.738. The molecule has 0 unspecified atom stereocenters. The van der Waals surface area contributed by atoms with Gasteiger partial charge >= 0.3 is 0 Å². The van der Waals surface area contributed by atoms with Gasteiger partial charge in [-0.1, -0.05) is 12.1 Å². The Hall–Kier alpha value is -2.03. The number of carbonyl (C=O) groups excluding carboxylic acids is 1. The Morgan fingerprint density at radius 2 is 2.11 bits per heavy atom. The highest BCUT2D eigenvalue weighted by molar-refractivity contribution is 5.96. The highest BCUT2D eigenvalue weighted by Crippen LogP contribution is 2.17. The largest absolute Gasteiger partial charge is 0.491 e. The molecule has 0 aliphatic rings. The fourth-order valence-electron chi connectivity index (χ4n) is 1.85. The Balaban J connectivity index is 1.98. The number of Topliss-reactive ketones (excluding diaryl/α,β-unsaturated/α-hetero) is 1. The smallest absolute Gasteiger partial charge is 0.163 e. The lowest BCUT2D eigenvalue weighted by atomic mass is 10.1. The molecule has 3 heteroatoms. The van der Waals surface area contributed by atoms with E-state index in [1.165, 1.54) is 0 Å². The van der Waals surface area contributed by atoms with Crippen molar-refractivity contribution in [3.63, 3.8) is 0 Å². The minimum absolute atomic E-state index is 0.102. The van der Waals surface area contributed by atoms with Crippen LogP contribution in [0.15, 0.2) is 47.1 Å². The molecule has 0 aliphatic heterocycles. The SMILES string of the molecule is CC(C)Oc1cccc(C(=O)CCc2ccco2)c1. The Morgan fingerprint density at radius 1 is 1.26 bits per heavy atom. The van der Waals surface area contributed by atoms with E-state index in [0.717, 1.165) is 11.5 Å². The summed E-state index contributed by atoms with van der Waals surface area (Å²) < 4.78 is 10.8. The number of furan rings is 1. The van der Waals surface area contributed by atoms with Gasteiger partial charge in [-0.15, -0.1) is 0 Å². The van der Waals surface area contributed by atoms with E-state index >= 15 is 0 Å². The van der Waals surface area contributed by atoms with E-state index in [1.807, 2.05) is 44.2 Å². The Morgan fingerprint density at radius 3 is 2.79 bits per heavy atom. The molecule has 1 aromatic heterocycles. The second kappa shape index (κ2) is 6.23. The van der Waals surface area contributed by atoms with E-state index in [4.69, 9.17) is 9.15 Å². The summed E-state index contributed by atoms with van der Waals surface area (Å²) in [4.78, 5) is 12.1. The van der Waals surface area contributed by atoms with Crippen LogP contribution in [0.3, 0.4) is 0 Å². The molecule has 100 valence electrons. The summed E-state index contributed by atoms with van der Waals surface area (Å²) in [6.45, 7) is 3.93. The molecule has 0 saturated carbocycles. The predicted octanol–water partition coefficient (Wildman–Crippen LogP) is 3.88. The minimum atomic E-state index is 0.102. The molecular formula is C16H18O3. The number of ketones is 1. The van der Waals surface area contributed by atoms with E-state index in [1.54, 1.807) is 12.3 Å². The first-order valence-electron chi connectivity index (χ1n) is 6.47. The van der Waals surface area contributed by atoms with Gasteiger partial charge in [0.05, 0.1) is 12.4 Å². The summed E-state index contributed by atoms with van der Waals surface area (Å²) in [6.07, 6.45) is 2.80. The lowest BCUT2D eigenvalue weighted by Crippen LogP contribution is -2.07. The van der Waals surface area contributed by atoms with E-state index < -0.39 is 0 Å². The second-order valence-corrected chi connectivity index (χ2v) is 4.70. The standard InChI is InChI=1S/C16H18O3/c1-12(2)19-15-6-3-5-13(11-15)16(17)9-8-14-7-4-10-18-14/h3-7,10-12H,8-9H2,1-2H3. The van der Waals surface area contributed by atoms with E-state index in [9.17, 15) is 4.79 Å². The molecule has 0 aliphatic carbocycles. The van der Waals surface area contributed by atoms with Crippen molar-refractivity contribution < 1.29 is 13.9 Å². The van der Waals surface area contributed by atoms with Gasteiger partial charge in [-0.2, -0.15) is 0 Å². The third kappa shape index (κ3) is 3.98. The van der Waals surface area contributed by atoms with Crippen LogP contribution in [0.4, 0.5) is 0 Å². The maximum Gasteiger partial charge on any atom is 0.163 e. The highest BCUT2D eigenvalue weighted by atomic mass is 16.5. The number of aryl methyl sites for hydroxylation is 1. The molecular weight excluding hydrogens is 240 g/mol. The minimum Gasteiger partial charge on any atom is -0.491 e. The first-order chi connectivity index (χ1) is 9.15. The lowest BCUT2D eigenvalue weighted by molar-refractivity contribution is 0.0980. The van der Waals surface area contributed by atoms with Crippen LogP contribution in [0.25, 0.3) is 0 Å². The van der Waals surface area contributed by atoms with Gasteiger partial charge in [0.15, 0.2) is 5.78 Å². The summed E-state index contributed by atoms with van der Waals surface area (Å²) in [5, 5.41) is 0. The van der Waals surface area contributed by atoms with Crippen molar-refractivity contribution in [1.82, 2.24) is 0 Å². The summed E-state index contributed by atoms with van der Waals surface area (Å²) in [5.41, 5.74) is 0.685. The van der Waals surface area contributed by atoms with Crippen molar-refractivity contribution in [3.8, 4) is 5.75 Å². The van der Waals surface area contributed by atoms with Gasteiger partial charge in [-0.3, -0.25) is 4.79 Å². The summed E-state index contributed by atoms with van der Waals surface area (Å²) in [5.74, 6) is 1.67. The Bertz CT molecular complexity index is 527. The molecule has 1 heterocycles. The number of ether oxygens (including phenoxy) is 1. The van der Waals surface area contributed by atoms with E-state index in [-0.39, 0.29) is 11.9 Å². The average Bonchev–Trinajstić information content (AvgIpc) is 2.88. The fraction of sp³-hybridized carbons (Fsp3) is 0.312. The third-order valence-corrected chi connectivity index (χ3v) is 2.71. The Labute approximate surface area is 113 Å². The molecule has 0 N–H and O–H groups in total. The van der Waals surface area contributed by atoms with Crippen LogP contribution >= 0.6 is 0 Å². The summed E-state index contributed by atoms with van der Waals surface area (Å²) >= 11 is 0. The number of benzene rings is 1. The zero-order valence-electron chi connectivity index (χ0n) is 11.3. The van der Waals surface area contributed by atoms with Crippen LogP contribution in [0.1, 0.15) is 36.4 Å². The monoisotopic (exact) mass is 258 g/mol. The van der Waals surface area contributed by atoms with Gasteiger partial charge in [0.2, 0.25) is 0 Å². The number of carbonyl (C=O) groups is 1. The molecule has 19 heavy (non-hydrogen) atoms. The van der Waals surface area contributed by atoms with E-state index in [0.29, 0.717) is 18.4 Å². The lowest BCUT2D eigenvalue weighted by Gasteiger charge is -2.10. The molecule has 2 aromatic rings. The molecule has 0 amide bonds. The maximum absolute atomic E-state index is 12.1. The molecule has 0 radical (unpaired) electrons. The van der Waals surface area contributed by atoms with Crippen LogP contribution < -0.4 is 4.74 Å². The predicted molar refractivity (Wildman–Crippen MR) is 73.6 cm³/mol. The number of hydrogen-bond donors (Lipinski definition) is 0. The molecule has 2 rings (SSSR count). The first kappa shape index (κ1) is 13.4. The van der Waals surface area contributed by atoms with Gasteiger partial charge < -0.3 is 9.15 Å². The van der Waals surface area contributed by atoms with E-state index in [2.05, 4.69) is 0 Å². The van der Waals surface area contributed by atoms with Crippen LogP contribution in [-0.4, -0.2) is 11.9 Å². The molecule has 0 fully saturated rings. The van der Waals surface area contributed by atoms with Crippen LogP contribution in [0.5, 0.6) is 5.75 Å². The molecule has 0 spiro atoms. The molecule has 1 aromatic carbocycles. The van der Waals surface area contributed by atoms with Crippen molar-refractivity contribution >= 4 is 5.78 Å². The molecule has 0 atom stereocenters. The highest BCUT2D eigenvalue weighted by Gasteiger charge is 2.09. The number of rotatable bonds is 6. The van der Waals surface area contributed by atoms with Crippen molar-refractivity contribution in [2.75, 3.05) is 0 Å². The summed E-state index contributed by atoms with van der Waals surface area (Å²) in [6, 6.07) is 11.0. The van der Waals surface area contributed by atoms with Gasteiger partial charge in [0, 0.05) is 18.4 Å². The molecule has 0 bridgehead atoms. The van der Waals surface area contributed by atoms with Crippen molar-refractivity contribution in [3.05, 3.63) is 54.0 Å². The normalized spacial score (nSPS) is 10.7. The van der Waals surface area contributed by atoms with Gasteiger partial charge in [-0.25, -0.2) is 0 Å². The van der Waals surface area contributed by atoms with Crippen LogP contribution in [-0.2, 0) is 6.42 Å².